The second-order valence-electron chi connectivity index (χ2n) is 11.4. The molecule has 0 aliphatic heterocycles. The maximum absolute atomic E-state index is 14.6. The number of rotatable bonds is 13. The summed E-state index contributed by atoms with van der Waals surface area (Å²) in [5.41, 5.74) is 3.35. The monoisotopic (exact) mass is 679 g/mol. The summed E-state index contributed by atoms with van der Waals surface area (Å²) in [5, 5.41) is 3.82. The number of hydrogen-bond acceptors (Lipinski definition) is 4. The zero-order valence-corrected chi connectivity index (χ0v) is 28.7. The fraction of sp³-hybridized carbons (Fsp3) is 0.278. The van der Waals surface area contributed by atoms with E-state index in [4.69, 9.17) is 23.2 Å². The van der Waals surface area contributed by atoms with Crippen LogP contribution in [0.4, 0.5) is 5.69 Å². The Kier molecular flexibility index (Phi) is 11.9. The second-order valence-corrected chi connectivity index (χ2v) is 14.1. The Morgan fingerprint density at radius 1 is 0.848 bits per heavy atom. The highest BCUT2D eigenvalue weighted by Crippen LogP contribution is 2.29. The van der Waals surface area contributed by atoms with E-state index in [1.807, 2.05) is 58.0 Å². The van der Waals surface area contributed by atoms with Gasteiger partial charge in [0.2, 0.25) is 11.8 Å². The lowest BCUT2D eigenvalue weighted by molar-refractivity contribution is -0.140. The molecule has 2 atom stereocenters. The lowest BCUT2D eigenvalue weighted by Crippen LogP contribution is -2.54. The van der Waals surface area contributed by atoms with Gasteiger partial charge in [0.15, 0.2) is 0 Å². The molecule has 0 unspecified atom stereocenters. The minimum atomic E-state index is -4.24. The quantitative estimate of drug-likeness (QED) is 0.160. The van der Waals surface area contributed by atoms with Gasteiger partial charge in [-0.3, -0.25) is 13.9 Å². The molecule has 0 fully saturated rings. The first-order valence-electron chi connectivity index (χ1n) is 15.1. The van der Waals surface area contributed by atoms with Crippen molar-refractivity contribution in [2.75, 3.05) is 10.8 Å². The molecule has 242 valence electrons. The van der Waals surface area contributed by atoms with Crippen LogP contribution in [0, 0.1) is 13.8 Å². The van der Waals surface area contributed by atoms with Crippen LogP contribution >= 0.6 is 23.2 Å². The van der Waals surface area contributed by atoms with E-state index in [0.29, 0.717) is 22.0 Å². The van der Waals surface area contributed by atoms with E-state index in [1.54, 1.807) is 48.5 Å². The molecular weight excluding hydrogens is 641 g/mol. The number of nitrogens with one attached hydrogen (secondary N) is 1. The van der Waals surface area contributed by atoms with Crippen LogP contribution in [-0.4, -0.2) is 43.8 Å². The Labute approximate surface area is 282 Å². The van der Waals surface area contributed by atoms with Crippen LogP contribution in [0.25, 0.3) is 0 Å². The average molecular weight is 681 g/mol. The molecule has 0 saturated heterocycles. The van der Waals surface area contributed by atoms with E-state index in [-0.39, 0.29) is 35.5 Å². The number of halogens is 2. The Bertz CT molecular complexity index is 1770. The summed E-state index contributed by atoms with van der Waals surface area (Å²) in [7, 11) is -4.24. The molecule has 4 rings (SSSR count). The van der Waals surface area contributed by atoms with Crippen molar-refractivity contribution in [2.45, 2.75) is 64.1 Å². The number of carbonyl (C=O) groups is 2. The molecule has 0 aromatic heterocycles. The van der Waals surface area contributed by atoms with Gasteiger partial charge in [-0.05, 0) is 74.2 Å². The normalized spacial score (nSPS) is 12.7. The standard InChI is InChI=1S/C36H39Cl2N3O4S/c1-5-27(4)39-36(43)34(21-28-11-7-6-8-12-28)40(23-29-13-9-10-14-32(29)37)35(42)24-41(30-18-17-26(3)33(38)22-30)46(44,45)31-19-15-25(2)16-20-31/h6-20,22,27,34H,5,21,23-24H2,1-4H3,(H,39,43)/t27-,34+/m0/s1. The van der Waals surface area contributed by atoms with Crippen LogP contribution in [0.1, 0.15) is 42.5 Å². The molecule has 1 N–H and O–H groups in total. The Morgan fingerprint density at radius 2 is 1.50 bits per heavy atom. The minimum Gasteiger partial charge on any atom is -0.352 e. The molecule has 0 bridgehead atoms. The second kappa shape index (κ2) is 15.6. The van der Waals surface area contributed by atoms with E-state index >= 15 is 0 Å². The average Bonchev–Trinajstić information content (AvgIpc) is 3.04. The molecule has 0 radical (unpaired) electrons. The van der Waals surface area contributed by atoms with Gasteiger partial charge in [0.25, 0.3) is 10.0 Å². The highest BCUT2D eigenvalue weighted by molar-refractivity contribution is 7.92. The van der Waals surface area contributed by atoms with Gasteiger partial charge in [0, 0.05) is 29.1 Å². The molecule has 0 saturated carbocycles. The Balaban J connectivity index is 1.83. The largest absolute Gasteiger partial charge is 0.352 e. The predicted molar refractivity (Wildman–Crippen MR) is 186 cm³/mol. The molecule has 4 aromatic carbocycles. The van der Waals surface area contributed by atoms with Crippen molar-refractivity contribution in [1.29, 1.82) is 0 Å². The summed E-state index contributed by atoms with van der Waals surface area (Å²) in [4.78, 5) is 30.0. The molecule has 7 nitrogen and oxygen atoms in total. The molecule has 0 heterocycles. The molecule has 4 aromatic rings. The van der Waals surface area contributed by atoms with E-state index in [9.17, 15) is 18.0 Å². The zero-order chi connectivity index (χ0) is 33.4. The van der Waals surface area contributed by atoms with Gasteiger partial charge in [0.05, 0.1) is 10.6 Å². The number of hydrogen-bond donors (Lipinski definition) is 1. The smallest absolute Gasteiger partial charge is 0.264 e. The van der Waals surface area contributed by atoms with Crippen molar-refractivity contribution in [1.82, 2.24) is 10.2 Å². The van der Waals surface area contributed by atoms with Crippen LogP contribution in [0.5, 0.6) is 0 Å². The van der Waals surface area contributed by atoms with Gasteiger partial charge in [0.1, 0.15) is 12.6 Å². The van der Waals surface area contributed by atoms with Gasteiger partial charge in [-0.25, -0.2) is 8.42 Å². The first kappa shape index (κ1) is 35.0. The SMILES string of the molecule is CC[C@H](C)NC(=O)[C@@H](Cc1ccccc1)N(Cc1ccccc1Cl)C(=O)CN(c1ccc(C)c(Cl)c1)S(=O)(=O)c1ccc(C)cc1. The summed E-state index contributed by atoms with van der Waals surface area (Å²) in [5.74, 6) is -0.919. The van der Waals surface area contributed by atoms with Crippen molar-refractivity contribution < 1.29 is 18.0 Å². The lowest BCUT2D eigenvalue weighted by Gasteiger charge is -2.34. The minimum absolute atomic E-state index is 0.0169. The summed E-state index contributed by atoms with van der Waals surface area (Å²) < 4.78 is 29.5. The van der Waals surface area contributed by atoms with E-state index < -0.39 is 28.5 Å². The van der Waals surface area contributed by atoms with Gasteiger partial charge < -0.3 is 10.2 Å². The number of anilines is 1. The van der Waals surface area contributed by atoms with Crippen molar-refractivity contribution in [3.05, 3.63) is 129 Å². The van der Waals surface area contributed by atoms with Crippen LogP contribution in [-0.2, 0) is 32.6 Å². The van der Waals surface area contributed by atoms with E-state index in [2.05, 4.69) is 5.32 Å². The molecule has 2 amide bonds. The van der Waals surface area contributed by atoms with Crippen molar-refractivity contribution in [2.24, 2.45) is 0 Å². The predicted octanol–water partition coefficient (Wildman–Crippen LogP) is 7.36. The summed E-state index contributed by atoms with van der Waals surface area (Å²) in [6, 6.07) is 26.7. The number of nitrogens with zero attached hydrogens (tertiary/aromatic N) is 2. The van der Waals surface area contributed by atoms with Gasteiger partial charge in [-0.15, -0.1) is 0 Å². The number of carbonyl (C=O) groups excluding carboxylic acids is 2. The van der Waals surface area contributed by atoms with Crippen molar-refractivity contribution in [3.8, 4) is 0 Å². The van der Waals surface area contributed by atoms with Gasteiger partial charge in [-0.1, -0.05) is 102 Å². The molecular formula is C36H39Cl2N3O4S. The highest BCUT2D eigenvalue weighted by Gasteiger charge is 2.35. The van der Waals surface area contributed by atoms with Crippen LogP contribution in [0.15, 0.2) is 102 Å². The fourth-order valence-electron chi connectivity index (χ4n) is 4.91. The maximum atomic E-state index is 14.6. The molecule has 10 heteroatoms. The fourth-order valence-corrected chi connectivity index (χ4v) is 6.68. The van der Waals surface area contributed by atoms with E-state index in [0.717, 1.165) is 21.0 Å². The lowest BCUT2D eigenvalue weighted by atomic mass is 10.0. The molecule has 0 aliphatic carbocycles. The number of aryl methyl sites for hydroxylation is 2. The summed E-state index contributed by atoms with van der Waals surface area (Å²) in [6.07, 6.45) is 0.902. The summed E-state index contributed by atoms with van der Waals surface area (Å²) >= 11 is 13.0. The Morgan fingerprint density at radius 3 is 2.13 bits per heavy atom. The van der Waals surface area contributed by atoms with Crippen LogP contribution < -0.4 is 9.62 Å². The van der Waals surface area contributed by atoms with Crippen LogP contribution in [0.3, 0.4) is 0 Å². The third-order valence-electron chi connectivity index (χ3n) is 7.90. The number of amides is 2. The molecule has 0 aliphatic rings. The van der Waals surface area contributed by atoms with Gasteiger partial charge >= 0.3 is 0 Å². The number of sulfonamides is 1. The van der Waals surface area contributed by atoms with Crippen LogP contribution in [0.2, 0.25) is 10.0 Å². The number of benzene rings is 4. The molecule has 46 heavy (non-hydrogen) atoms. The first-order chi connectivity index (χ1) is 21.9. The first-order valence-corrected chi connectivity index (χ1v) is 17.3. The van der Waals surface area contributed by atoms with Crippen molar-refractivity contribution in [3.63, 3.8) is 0 Å². The topological polar surface area (TPSA) is 86.8 Å². The van der Waals surface area contributed by atoms with Crippen molar-refractivity contribution >= 4 is 50.7 Å². The van der Waals surface area contributed by atoms with Gasteiger partial charge in [-0.2, -0.15) is 0 Å². The maximum Gasteiger partial charge on any atom is 0.264 e. The third kappa shape index (κ3) is 8.69. The highest BCUT2D eigenvalue weighted by atomic mass is 35.5. The Hall–Kier alpha value is -3.85. The summed E-state index contributed by atoms with van der Waals surface area (Å²) in [6.45, 7) is 6.94. The zero-order valence-electron chi connectivity index (χ0n) is 26.4. The third-order valence-corrected chi connectivity index (χ3v) is 10.5. The molecule has 0 spiro atoms. The van der Waals surface area contributed by atoms with E-state index in [1.165, 1.54) is 23.1 Å².